The predicted molar refractivity (Wildman–Crippen MR) is 36.7 cm³/mol. The fourth-order valence-electron chi connectivity index (χ4n) is 1.55. The minimum absolute atomic E-state index is 0.369. The summed E-state index contributed by atoms with van der Waals surface area (Å²) in [5.74, 6) is 1.16. The van der Waals surface area contributed by atoms with Gasteiger partial charge in [0.05, 0.1) is 6.07 Å². The summed E-state index contributed by atoms with van der Waals surface area (Å²) in [6.45, 7) is 2.24. The van der Waals surface area contributed by atoms with Crippen LogP contribution in [0.4, 0.5) is 0 Å². The molecule has 1 heteroatoms. The van der Waals surface area contributed by atoms with Gasteiger partial charge in [-0.2, -0.15) is 5.26 Å². The number of hydrogen-bond acceptors (Lipinski definition) is 1. The van der Waals surface area contributed by atoms with E-state index < -0.39 is 0 Å². The molecule has 0 aliphatic heterocycles. The molecular formula is C8H13N. The highest BCUT2D eigenvalue weighted by molar-refractivity contribution is 4.86. The molecular weight excluding hydrogens is 110 g/mol. The van der Waals surface area contributed by atoms with Gasteiger partial charge in [-0.3, -0.25) is 0 Å². The molecule has 0 aromatic rings. The second kappa shape index (κ2) is 2.87. The van der Waals surface area contributed by atoms with E-state index in [0.717, 1.165) is 18.8 Å². The quantitative estimate of drug-likeness (QED) is 0.485. The third-order valence-electron chi connectivity index (χ3n) is 2.12. The maximum atomic E-state index is 8.56. The van der Waals surface area contributed by atoms with E-state index in [2.05, 4.69) is 13.0 Å². The third-order valence-corrected chi connectivity index (χ3v) is 2.12. The van der Waals surface area contributed by atoms with E-state index in [1.165, 1.54) is 12.8 Å². The summed E-state index contributed by atoms with van der Waals surface area (Å²) in [4.78, 5) is 0. The van der Waals surface area contributed by atoms with Crippen molar-refractivity contribution in [1.29, 1.82) is 5.26 Å². The van der Waals surface area contributed by atoms with Crippen molar-refractivity contribution in [3.8, 4) is 6.07 Å². The second-order valence-electron chi connectivity index (χ2n) is 3.10. The minimum Gasteiger partial charge on any atom is -0.198 e. The van der Waals surface area contributed by atoms with Crippen LogP contribution in [0.5, 0.6) is 0 Å². The zero-order valence-corrected chi connectivity index (χ0v) is 5.93. The van der Waals surface area contributed by atoms with Crippen molar-refractivity contribution in [1.82, 2.24) is 0 Å². The third kappa shape index (κ3) is 1.71. The van der Waals surface area contributed by atoms with Gasteiger partial charge < -0.3 is 0 Å². The molecule has 1 saturated carbocycles. The van der Waals surface area contributed by atoms with Crippen molar-refractivity contribution < 1.29 is 0 Å². The first-order valence-corrected chi connectivity index (χ1v) is 3.72. The number of rotatable bonds is 0. The van der Waals surface area contributed by atoms with E-state index in [1.54, 1.807) is 0 Å². The molecule has 50 valence electrons. The van der Waals surface area contributed by atoms with E-state index in [-0.39, 0.29) is 0 Å². The summed E-state index contributed by atoms with van der Waals surface area (Å²) < 4.78 is 0. The molecule has 1 nitrogen and oxygen atoms in total. The van der Waals surface area contributed by atoms with Crippen molar-refractivity contribution in [2.45, 2.75) is 32.6 Å². The molecule has 0 aromatic heterocycles. The monoisotopic (exact) mass is 123 g/mol. The van der Waals surface area contributed by atoms with Crippen molar-refractivity contribution in [2.75, 3.05) is 0 Å². The standard InChI is InChI=1S/C8H13N/c1-7-3-2-4-8(5-7)6-9/h7-8H,2-5H2,1H3/t7?,8-/m1/s1. The minimum atomic E-state index is 0.369. The van der Waals surface area contributed by atoms with Crippen LogP contribution in [0.3, 0.4) is 0 Å². The van der Waals surface area contributed by atoms with Crippen LogP contribution in [-0.2, 0) is 0 Å². The molecule has 0 amide bonds. The Balaban J connectivity index is 2.34. The molecule has 1 fully saturated rings. The number of hydrogen-bond donors (Lipinski definition) is 0. The average Bonchev–Trinajstić information content (AvgIpc) is 1.88. The second-order valence-corrected chi connectivity index (χ2v) is 3.10. The van der Waals surface area contributed by atoms with E-state index in [9.17, 15) is 0 Å². The lowest BCUT2D eigenvalue weighted by Gasteiger charge is -2.20. The highest BCUT2D eigenvalue weighted by Gasteiger charge is 2.17. The first kappa shape index (κ1) is 6.61. The zero-order chi connectivity index (χ0) is 6.69. The smallest absolute Gasteiger partial charge is 0.0655 e. The maximum absolute atomic E-state index is 8.56. The Bertz CT molecular complexity index is 123. The molecule has 2 atom stereocenters. The first-order valence-electron chi connectivity index (χ1n) is 3.72. The Labute approximate surface area is 56.7 Å². The van der Waals surface area contributed by atoms with Gasteiger partial charge in [-0.05, 0) is 18.8 Å². The Hall–Kier alpha value is -0.510. The molecule has 9 heavy (non-hydrogen) atoms. The fourth-order valence-corrected chi connectivity index (χ4v) is 1.55. The molecule has 0 heterocycles. The molecule has 0 spiro atoms. The van der Waals surface area contributed by atoms with Crippen LogP contribution in [0, 0.1) is 23.2 Å². The summed E-state index contributed by atoms with van der Waals surface area (Å²) in [5.41, 5.74) is 0. The van der Waals surface area contributed by atoms with Crippen molar-refractivity contribution in [3.05, 3.63) is 0 Å². The number of nitrogens with zero attached hydrogens (tertiary/aromatic N) is 1. The molecule has 1 aliphatic rings. The largest absolute Gasteiger partial charge is 0.198 e. The van der Waals surface area contributed by atoms with E-state index in [1.807, 2.05) is 0 Å². The predicted octanol–water partition coefficient (Wildman–Crippen LogP) is 2.34. The van der Waals surface area contributed by atoms with Crippen LogP contribution in [0.25, 0.3) is 0 Å². The van der Waals surface area contributed by atoms with Crippen molar-refractivity contribution in [2.24, 2.45) is 11.8 Å². The van der Waals surface area contributed by atoms with Crippen LogP contribution >= 0.6 is 0 Å². The normalized spacial score (nSPS) is 35.6. The Kier molecular flexibility index (Phi) is 2.10. The Morgan fingerprint density at radius 2 is 2.22 bits per heavy atom. The molecule has 0 bridgehead atoms. The van der Waals surface area contributed by atoms with Crippen LogP contribution < -0.4 is 0 Å². The van der Waals surface area contributed by atoms with Gasteiger partial charge in [-0.25, -0.2) is 0 Å². The highest BCUT2D eigenvalue weighted by Crippen LogP contribution is 2.27. The van der Waals surface area contributed by atoms with Gasteiger partial charge >= 0.3 is 0 Å². The van der Waals surface area contributed by atoms with E-state index in [4.69, 9.17) is 5.26 Å². The molecule has 1 aliphatic carbocycles. The van der Waals surface area contributed by atoms with Gasteiger partial charge in [0, 0.05) is 5.92 Å². The topological polar surface area (TPSA) is 23.8 Å². The van der Waals surface area contributed by atoms with E-state index in [0.29, 0.717) is 5.92 Å². The summed E-state index contributed by atoms with van der Waals surface area (Å²) in [5, 5.41) is 8.56. The molecule has 0 aromatic carbocycles. The van der Waals surface area contributed by atoms with Gasteiger partial charge in [-0.1, -0.05) is 19.8 Å². The van der Waals surface area contributed by atoms with Crippen LogP contribution in [0.1, 0.15) is 32.6 Å². The van der Waals surface area contributed by atoms with Crippen molar-refractivity contribution in [3.63, 3.8) is 0 Å². The van der Waals surface area contributed by atoms with Gasteiger partial charge in [0.1, 0.15) is 0 Å². The Morgan fingerprint density at radius 3 is 2.67 bits per heavy atom. The maximum Gasteiger partial charge on any atom is 0.0655 e. The van der Waals surface area contributed by atoms with Gasteiger partial charge in [0.2, 0.25) is 0 Å². The highest BCUT2D eigenvalue weighted by atomic mass is 14.3. The van der Waals surface area contributed by atoms with Crippen molar-refractivity contribution >= 4 is 0 Å². The lowest BCUT2D eigenvalue weighted by atomic mass is 9.83. The average molecular weight is 123 g/mol. The van der Waals surface area contributed by atoms with Gasteiger partial charge in [-0.15, -0.1) is 0 Å². The molecule has 0 saturated heterocycles. The summed E-state index contributed by atoms with van der Waals surface area (Å²) in [6.07, 6.45) is 4.87. The summed E-state index contributed by atoms with van der Waals surface area (Å²) in [7, 11) is 0. The first-order chi connectivity index (χ1) is 4.33. The summed E-state index contributed by atoms with van der Waals surface area (Å²) in [6, 6.07) is 2.33. The van der Waals surface area contributed by atoms with E-state index >= 15 is 0 Å². The lowest BCUT2D eigenvalue weighted by molar-refractivity contribution is 0.331. The fraction of sp³-hybridized carbons (Fsp3) is 0.875. The lowest BCUT2D eigenvalue weighted by Crippen LogP contribution is -2.10. The SMILES string of the molecule is CC1CCC[C@@H](C#N)C1. The summed E-state index contributed by atoms with van der Waals surface area (Å²) >= 11 is 0. The molecule has 0 N–H and O–H groups in total. The van der Waals surface area contributed by atoms with Gasteiger partial charge in [0.25, 0.3) is 0 Å². The van der Waals surface area contributed by atoms with Crippen LogP contribution in [0.15, 0.2) is 0 Å². The van der Waals surface area contributed by atoms with Crippen LogP contribution in [0.2, 0.25) is 0 Å². The molecule has 1 rings (SSSR count). The molecule has 1 unspecified atom stereocenters. The molecule has 0 radical (unpaired) electrons. The zero-order valence-electron chi connectivity index (χ0n) is 5.93. The Morgan fingerprint density at radius 1 is 1.44 bits per heavy atom. The number of nitriles is 1. The van der Waals surface area contributed by atoms with Gasteiger partial charge in [0.15, 0.2) is 0 Å². The van der Waals surface area contributed by atoms with Crippen LogP contribution in [-0.4, -0.2) is 0 Å².